The molecule has 0 aliphatic carbocycles. The predicted molar refractivity (Wildman–Crippen MR) is 83.5 cm³/mol. The molecule has 2 heterocycles. The third-order valence-corrected chi connectivity index (χ3v) is 4.46. The predicted octanol–water partition coefficient (Wildman–Crippen LogP) is 2.03. The van der Waals surface area contributed by atoms with Crippen LogP contribution in [0.3, 0.4) is 0 Å². The van der Waals surface area contributed by atoms with Crippen molar-refractivity contribution in [2.75, 3.05) is 32.7 Å². The lowest BCUT2D eigenvalue weighted by Gasteiger charge is -2.26. The molecule has 2 unspecified atom stereocenters. The van der Waals surface area contributed by atoms with Gasteiger partial charge in [0.05, 0.1) is 11.9 Å². The fourth-order valence-corrected chi connectivity index (χ4v) is 3.13. The van der Waals surface area contributed by atoms with Gasteiger partial charge in [0.25, 0.3) is 0 Å². The number of nitrogens with zero attached hydrogens (tertiary/aromatic N) is 3. The summed E-state index contributed by atoms with van der Waals surface area (Å²) in [6, 6.07) is 3.68. The Labute approximate surface area is 127 Å². The molecule has 1 aliphatic rings. The quantitative estimate of drug-likeness (QED) is 0.836. The van der Waals surface area contributed by atoms with Crippen molar-refractivity contribution in [3.05, 3.63) is 29.8 Å². The van der Waals surface area contributed by atoms with Crippen LogP contribution < -0.4 is 5.73 Å². The zero-order valence-corrected chi connectivity index (χ0v) is 13.1. The van der Waals surface area contributed by atoms with Crippen molar-refractivity contribution in [1.29, 1.82) is 0 Å². The molecule has 2 rings (SSSR count). The maximum atomic E-state index is 12.9. The van der Waals surface area contributed by atoms with Crippen LogP contribution in [0.2, 0.25) is 0 Å². The summed E-state index contributed by atoms with van der Waals surface area (Å²) in [6.45, 7) is 9.95. The first kappa shape index (κ1) is 16.3. The summed E-state index contributed by atoms with van der Waals surface area (Å²) in [6.07, 6.45) is 3.34. The Morgan fingerprint density at radius 2 is 2.19 bits per heavy atom. The van der Waals surface area contributed by atoms with Gasteiger partial charge in [0.1, 0.15) is 5.82 Å². The van der Waals surface area contributed by atoms with E-state index in [1.165, 1.54) is 18.7 Å². The molecule has 21 heavy (non-hydrogen) atoms. The molecule has 4 nitrogen and oxygen atoms in total. The average molecular weight is 294 g/mol. The lowest BCUT2D eigenvalue weighted by Crippen LogP contribution is -2.37. The van der Waals surface area contributed by atoms with E-state index in [2.05, 4.69) is 28.6 Å². The van der Waals surface area contributed by atoms with Gasteiger partial charge in [-0.1, -0.05) is 13.8 Å². The molecular formula is C16H27FN4. The van der Waals surface area contributed by atoms with Gasteiger partial charge in [-0.05, 0) is 44.6 Å². The van der Waals surface area contributed by atoms with Gasteiger partial charge >= 0.3 is 0 Å². The van der Waals surface area contributed by atoms with Crippen LogP contribution in [0.1, 0.15) is 38.4 Å². The lowest BCUT2D eigenvalue weighted by molar-refractivity contribution is 0.209. The van der Waals surface area contributed by atoms with E-state index < -0.39 is 0 Å². The van der Waals surface area contributed by atoms with Crippen LogP contribution in [0.5, 0.6) is 0 Å². The Balaban J connectivity index is 1.77. The molecule has 1 aromatic heterocycles. The van der Waals surface area contributed by atoms with E-state index in [0.717, 1.165) is 44.8 Å². The fourth-order valence-electron chi connectivity index (χ4n) is 3.13. The number of rotatable bonds is 7. The third-order valence-electron chi connectivity index (χ3n) is 4.46. The molecule has 0 amide bonds. The first-order valence-electron chi connectivity index (χ1n) is 7.97. The van der Waals surface area contributed by atoms with Crippen LogP contribution in [0.15, 0.2) is 18.3 Å². The molecule has 1 aromatic rings. The smallest absolute Gasteiger partial charge is 0.141 e. The second kappa shape index (κ2) is 7.82. The standard InChI is InChI=1S/C16H27FN4/c1-3-21(4-2)14-7-9-20(12-14)10-8-15(18)16-6-5-13(17)11-19-16/h5-6,11,14-15H,3-4,7-10,12,18H2,1-2H3. The first-order chi connectivity index (χ1) is 10.1. The maximum Gasteiger partial charge on any atom is 0.141 e. The monoisotopic (exact) mass is 294 g/mol. The number of likely N-dealkylation sites (tertiary alicyclic amines) is 1. The summed E-state index contributed by atoms with van der Waals surface area (Å²) in [7, 11) is 0. The summed E-state index contributed by atoms with van der Waals surface area (Å²) < 4.78 is 12.9. The zero-order valence-electron chi connectivity index (χ0n) is 13.1. The Morgan fingerprint density at radius 3 is 2.81 bits per heavy atom. The largest absolute Gasteiger partial charge is 0.323 e. The van der Waals surface area contributed by atoms with Gasteiger partial charge in [-0.25, -0.2) is 4.39 Å². The second-order valence-electron chi connectivity index (χ2n) is 5.76. The number of likely N-dealkylation sites (N-methyl/N-ethyl adjacent to an activating group) is 1. The maximum absolute atomic E-state index is 12.9. The highest BCUT2D eigenvalue weighted by molar-refractivity contribution is 5.09. The van der Waals surface area contributed by atoms with Crippen LogP contribution >= 0.6 is 0 Å². The number of hydrogen-bond donors (Lipinski definition) is 1. The molecule has 0 spiro atoms. The summed E-state index contributed by atoms with van der Waals surface area (Å²) in [4.78, 5) is 9.07. The van der Waals surface area contributed by atoms with Gasteiger partial charge in [0.2, 0.25) is 0 Å². The highest BCUT2D eigenvalue weighted by atomic mass is 19.1. The SMILES string of the molecule is CCN(CC)C1CCN(CCC(N)c2ccc(F)cn2)C1. The molecule has 2 N–H and O–H groups in total. The number of pyridine rings is 1. The highest BCUT2D eigenvalue weighted by Gasteiger charge is 2.26. The van der Waals surface area contributed by atoms with E-state index in [-0.39, 0.29) is 11.9 Å². The number of aromatic nitrogens is 1. The Morgan fingerprint density at radius 1 is 1.43 bits per heavy atom. The minimum atomic E-state index is -0.312. The molecular weight excluding hydrogens is 267 g/mol. The van der Waals surface area contributed by atoms with E-state index in [9.17, 15) is 4.39 Å². The van der Waals surface area contributed by atoms with Crippen LogP contribution in [-0.4, -0.2) is 53.5 Å². The van der Waals surface area contributed by atoms with Gasteiger partial charge in [0, 0.05) is 25.2 Å². The average Bonchev–Trinajstić information content (AvgIpc) is 2.96. The number of hydrogen-bond acceptors (Lipinski definition) is 4. The first-order valence-corrected chi connectivity index (χ1v) is 7.97. The van der Waals surface area contributed by atoms with Crippen molar-refractivity contribution in [3.63, 3.8) is 0 Å². The van der Waals surface area contributed by atoms with Gasteiger partial charge in [0.15, 0.2) is 0 Å². The summed E-state index contributed by atoms with van der Waals surface area (Å²) in [5, 5.41) is 0. The van der Waals surface area contributed by atoms with Crippen molar-refractivity contribution in [2.45, 2.75) is 38.8 Å². The zero-order chi connectivity index (χ0) is 15.2. The van der Waals surface area contributed by atoms with Crippen molar-refractivity contribution < 1.29 is 4.39 Å². The van der Waals surface area contributed by atoms with Gasteiger partial charge in [-0.2, -0.15) is 0 Å². The van der Waals surface area contributed by atoms with E-state index >= 15 is 0 Å². The van der Waals surface area contributed by atoms with Crippen molar-refractivity contribution >= 4 is 0 Å². The molecule has 0 aromatic carbocycles. The van der Waals surface area contributed by atoms with Crippen molar-refractivity contribution in [3.8, 4) is 0 Å². The van der Waals surface area contributed by atoms with E-state index in [1.807, 2.05) is 0 Å². The number of nitrogens with two attached hydrogens (primary N) is 1. The fraction of sp³-hybridized carbons (Fsp3) is 0.688. The molecule has 1 fully saturated rings. The van der Waals surface area contributed by atoms with Crippen molar-refractivity contribution in [2.24, 2.45) is 5.73 Å². The van der Waals surface area contributed by atoms with Gasteiger partial charge in [-0.15, -0.1) is 0 Å². The second-order valence-corrected chi connectivity index (χ2v) is 5.76. The Kier molecular flexibility index (Phi) is 6.08. The van der Waals surface area contributed by atoms with Crippen LogP contribution in [-0.2, 0) is 0 Å². The van der Waals surface area contributed by atoms with Crippen LogP contribution in [0, 0.1) is 5.82 Å². The van der Waals surface area contributed by atoms with Crippen LogP contribution in [0.25, 0.3) is 0 Å². The molecule has 1 saturated heterocycles. The summed E-state index contributed by atoms with van der Waals surface area (Å²) in [5.74, 6) is -0.312. The third kappa shape index (κ3) is 4.46. The molecule has 118 valence electrons. The van der Waals surface area contributed by atoms with E-state index in [1.54, 1.807) is 6.07 Å². The molecule has 1 aliphatic heterocycles. The molecule has 5 heteroatoms. The van der Waals surface area contributed by atoms with E-state index in [4.69, 9.17) is 5.73 Å². The minimum Gasteiger partial charge on any atom is -0.323 e. The Hall–Kier alpha value is -1.04. The normalized spacial score (nSPS) is 21.1. The minimum absolute atomic E-state index is 0.113. The number of halogens is 1. The molecule has 2 atom stereocenters. The van der Waals surface area contributed by atoms with E-state index in [0.29, 0.717) is 6.04 Å². The molecule has 0 saturated carbocycles. The molecule has 0 bridgehead atoms. The van der Waals surface area contributed by atoms with Crippen LogP contribution in [0.4, 0.5) is 4.39 Å². The van der Waals surface area contributed by atoms with Gasteiger partial charge in [-0.3, -0.25) is 9.88 Å². The van der Waals surface area contributed by atoms with Crippen molar-refractivity contribution in [1.82, 2.24) is 14.8 Å². The highest BCUT2D eigenvalue weighted by Crippen LogP contribution is 2.18. The van der Waals surface area contributed by atoms with Gasteiger partial charge < -0.3 is 10.6 Å². The lowest BCUT2D eigenvalue weighted by atomic mass is 10.1. The molecule has 0 radical (unpaired) electrons. The topological polar surface area (TPSA) is 45.4 Å². The Bertz CT molecular complexity index is 419. The summed E-state index contributed by atoms with van der Waals surface area (Å²) >= 11 is 0. The summed E-state index contributed by atoms with van der Waals surface area (Å²) in [5.41, 5.74) is 6.92.